The molecule has 8 heteroatoms. The quantitative estimate of drug-likeness (QED) is 0.365. The first-order valence-corrected chi connectivity index (χ1v) is 11.9. The van der Waals surface area contributed by atoms with E-state index >= 15 is 4.39 Å². The highest BCUT2D eigenvalue weighted by Gasteiger charge is 2.19. The van der Waals surface area contributed by atoms with E-state index in [2.05, 4.69) is 0 Å². The number of carboxylic acids is 1. The molecule has 7 nitrogen and oxygen atoms in total. The molecule has 0 spiro atoms. The number of aliphatic hydroxyl groups is 1. The predicted molar refractivity (Wildman–Crippen MR) is 132 cm³/mol. The molecule has 2 atom stereocenters. The molecule has 1 heterocycles. The van der Waals surface area contributed by atoms with E-state index in [1.165, 1.54) is 0 Å². The summed E-state index contributed by atoms with van der Waals surface area (Å²) < 4.78 is 33.0. The summed E-state index contributed by atoms with van der Waals surface area (Å²) in [7, 11) is 0. The maximum absolute atomic E-state index is 15.4. The van der Waals surface area contributed by atoms with E-state index in [1.807, 2.05) is 6.07 Å². The van der Waals surface area contributed by atoms with E-state index < -0.39 is 17.8 Å². The zero-order valence-corrected chi connectivity index (χ0v) is 19.9. The Morgan fingerprint density at radius 2 is 1.97 bits per heavy atom. The zero-order valence-electron chi connectivity index (χ0n) is 19.9. The third kappa shape index (κ3) is 6.40. The Kier molecular flexibility index (Phi) is 8.53. The summed E-state index contributed by atoms with van der Waals surface area (Å²) >= 11 is 0. The number of carbonyl (C=O) groups is 1. The molecule has 1 fully saturated rings. The molecule has 3 aromatic rings. The van der Waals surface area contributed by atoms with Gasteiger partial charge in [0.2, 0.25) is 0 Å². The van der Waals surface area contributed by atoms with Gasteiger partial charge in [-0.1, -0.05) is 36.4 Å². The smallest absolute Gasteiger partial charge is 0.307 e. The molecular formula is C28H30FNO6. The molecule has 1 aliphatic heterocycles. The van der Waals surface area contributed by atoms with Crippen molar-refractivity contribution in [1.82, 2.24) is 0 Å². The number of para-hydroxylation sites is 1. The Balaban J connectivity index is 1.64. The molecule has 0 aliphatic carbocycles. The van der Waals surface area contributed by atoms with Crippen LogP contribution in [-0.4, -0.2) is 42.1 Å². The molecule has 36 heavy (non-hydrogen) atoms. The van der Waals surface area contributed by atoms with Gasteiger partial charge in [0.1, 0.15) is 30.5 Å². The number of benzene rings is 3. The minimum Gasteiger partial charge on any atom is -0.491 e. The molecule has 0 saturated carbocycles. The molecule has 1 saturated heterocycles. The topological polar surface area (TPSA) is 111 Å². The lowest BCUT2D eigenvalue weighted by atomic mass is 9.97. The highest BCUT2D eigenvalue weighted by Crippen LogP contribution is 2.32. The Bertz CT molecular complexity index is 1190. The van der Waals surface area contributed by atoms with Crippen LogP contribution in [0.1, 0.15) is 35.6 Å². The maximum atomic E-state index is 15.4. The van der Waals surface area contributed by atoms with Crippen molar-refractivity contribution in [2.24, 2.45) is 5.73 Å². The number of rotatable bonds is 11. The van der Waals surface area contributed by atoms with Crippen LogP contribution in [0.4, 0.5) is 4.39 Å². The molecule has 0 amide bonds. The van der Waals surface area contributed by atoms with E-state index in [0.29, 0.717) is 41.4 Å². The van der Waals surface area contributed by atoms with E-state index in [-0.39, 0.29) is 31.3 Å². The molecule has 190 valence electrons. The van der Waals surface area contributed by atoms with Crippen molar-refractivity contribution < 1.29 is 33.6 Å². The van der Waals surface area contributed by atoms with Crippen molar-refractivity contribution in [2.75, 3.05) is 19.8 Å². The lowest BCUT2D eigenvalue weighted by Crippen LogP contribution is -2.17. The second kappa shape index (κ2) is 12.0. The van der Waals surface area contributed by atoms with Gasteiger partial charge in [-0.3, -0.25) is 4.79 Å². The summed E-state index contributed by atoms with van der Waals surface area (Å²) in [5.74, 6) is -0.450. The van der Waals surface area contributed by atoms with Gasteiger partial charge in [0.05, 0.1) is 25.2 Å². The van der Waals surface area contributed by atoms with Crippen LogP contribution < -0.4 is 15.2 Å². The average molecular weight is 496 g/mol. The number of nitrogens with two attached hydrogens (primary N) is 1. The predicted octanol–water partition coefficient (Wildman–Crippen LogP) is 4.25. The summed E-state index contributed by atoms with van der Waals surface area (Å²) in [5, 5.41) is 18.6. The van der Waals surface area contributed by atoms with Crippen molar-refractivity contribution in [3.05, 3.63) is 83.2 Å². The van der Waals surface area contributed by atoms with E-state index in [1.54, 1.807) is 54.6 Å². The number of ether oxygens (including phenoxy) is 3. The van der Waals surface area contributed by atoms with Crippen molar-refractivity contribution >= 4 is 5.97 Å². The highest BCUT2D eigenvalue weighted by atomic mass is 19.1. The molecule has 0 aromatic heterocycles. The Hall–Kier alpha value is -3.46. The minimum absolute atomic E-state index is 0.0128. The molecule has 4 rings (SSSR count). The number of carboxylic acid groups (broad SMARTS) is 1. The molecule has 4 N–H and O–H groups in total. The average Bonchev–Trinajstić information content (AvgIpc) is 3.40. The number of aliphatic hydroxyl groups excluding tert-OH is 1. The summed E-state index contributed by atoms with van der Waals surface area (Å²) in [6.45, 7) is 0.840. The summed E-state index contributed by atoms with van der Waals surface area (Å²) in [6, 6.07) is 16.4. The first-order valence-electron chi connectivity index (χ1n) is 11.9. The van der Waals surface area contributed by atoms with Crippen molar-refractivity contribution in [2.45, 2.75) is 38.0 Å². The summed E-state index contributed by atoms with van der Waals surface area (Å²) in [4.78, 5) is 11.2. The van der Waals surface area contributed by atoms with Crippen molar-refractivity contribution in [3.8, 4) is 22.6 Å². The standard InChI is InChI=1S/C28H30FNO6/c29-28-23(7-3-8-24(28)25(30)15-31)20-11-18(12-22(13-20)35-17-21-6-4-10-34-21)16-36-26-9-2-1-5-19(26)14-27(32)33/h1-3,5,7-9,11-13,21,25,31H,4,6,10,14-17,30H2,(H,32,33)/t21-,25-/m1/s1. The van der Waals surface area contributed by atoms with Crippen molar-refractivity contribution in [3.63, 3.8) is 0 Å². The van der Waals surface area contributed by atoms with E-state index in [9.17, 15) is 15.0 Å². The third-order valence-corrected chi connectivity index (χ3v) is 6.07. The van der Waals surface area contributed by atoms with E-state index in [0.717, 1.165) is 18.4 Å². The largest absolute Gasteiger partial charge is 0.491 e. The van der Waals surface area contributed by atoms with Gasteiger partial charge in [-0.15, -0.1) is 0 Å². The lowest BCUT2D eigenvalue weighted by Gasteiger charge is -2.17. The van der Waals surface area contributed by atoms with Gasteiger partial charge in [0, 0.05) is 23.3 Å². The Morgan fingerprint density at radius 3 is 2.72 bits per heavy atom. The lowest BCUT2D eigenvalue weighted by molar-refractivity contribution is -0.136. The fourth-order valence-corrected chi connectivity index (χ4v) is 4.22. The van der Waals surface area contributed by atoms with Crippen LogP contribution in [0.2, 0.25) is 0 Å². The van der Waals surface area contributed by atoms with Crippen LogP contribution in [0.3, 0.4) is 0 Å². The highest BCUT2D eigenvalue weighted by molar-refractivity contribution is 5.71. The van der Waals surface area contributed by atoms with Gasteiger partial charge in [0.15, 0.2) is 0 Å². The van der Waals surface area contributed by atoms with Crippen LogP contribution in [0.5, 0.6) is 11.5 Å². The SMILES string of the molecule is N[C@H](CO)c1cccc(-c2cc(COc3ccccc3CC(=O)O)cc(OC[C@H]3CCCO3)c2)c1F. The summed E-state index contributed by atoms with van der Waals surface area (Å²) in [5.41, 5.74) is 8.29. The van der Waals surface area contributed by atoms with Gasteiger partial charge in [-0.25, -0.2) is 4.39 Å². The van der Waals surface area contributed by atoms with Crippen LogP contribution in [0.15, 0.2) is 60.7 Å². The number of aliphatic carboxylic acids is 1. The monoisotopic (exact) mass is 495 g/mol. The number of halogens is 1. The molecule has 3 aromatic carbocycles. The van der Waals surface area contributed by atoms with Gasteiger partial charge in [0.25, 0.3) is 0 Å². The Morgan fingerprint density at radius 1 is 1.14 bits per heavy atom. The first kappa shape index (κ1) is 25.6. The normalized spacial score (nSPS) is 16.0. The second-order valence-electron chi connectivity index (χ2n) is 8.78. The Labute approximate surface area is 209 Å². The number of hydrogen-bond donors (Lipinski definition) is 3. The van der Waals surface area contributed by atoms with Gasteiger partial charge >= 0.3 is 5.97 Å². The minimum atomic E-state index is -0.950. The molecule has 1 aliphatic rings. The van der Waals surface area contributed by atoms with Crippen LogP contribution in [-0.2, 0) is 22.6 Å². The molecular weight excluding hydrogens is 465 g/mol. The number of hydrogen-bond acceptors (Lipinski definition) is 6. The fraction of sp³-hybridized carbons (Fsp3) is 0.321. The van der Waals surface area contributed by atoms with Crippen LogP contribution in [0.25, 0.3) is 11.1 Å². The fourth-order valence-electron chi connectivity index (χ4n) is 4.22. The van der Waals surface area contributed by atoms with E-state index in [4.69, 9.17) is 19.9 Å². The van der Waals surface area contributed by atoms with Crippen LogP contribution in [0, 0.1) is 5.82 Å². The van der Waals surface area contributed by atoms with Crippen LogP contribution >= 0.6 is 0 Å². The zero-order chi connectivity index (χ0) is 25.5. The summed E-state index contributed by atoms with van der Waals surface area (Å²) in [6.07, 6.45) is 1.77. The third-order valence-electron chi connectivity index (χ3n) is 6.07. The first-order chi connectivity index (χ1) is 17.4. The van der Waals surface area contributed by atoms with Gasteiger partial charge in [-0.2, -0.15) is 0 Å². The second-order valence-corrected chi connectivity index (χ2v) is 8.78. The van der Waals surface area contributed by atoms with Crippen molar-refractivity contribution in [1.29, 1.82) is 0 Å². The molecule has 0 unspecified atom stereocenters. The van der Waals surface area contributed by atoms with Gasteiger partial charge < -0.3 is 30.2 Å². The molecule has 0 bridgehead atoms. The maximum Gasteiger partial charge on any atom is 0.307 e. The van der Waals surface area contributed by atoms with Gasteiger partial charge in [-0.05, 0) is 48.2 Å². The molecule has 0 radical (unpaired) electrons.